The first kappa shape index (κ1) is 12.7. The van der Waals surface area contributed by atoms with Crippen LogP contribution in [0.4, 0.5) is 5.69 Å². The monoisotopic (exact) mass is 268 g/mol. The van der Waals surface area contributed by atoms with E-state index in [0.29, 0.717) is 5.69 Å². The maximum Gasteiger partial charge on any atom is 0.272 e. The molecule has 0 atom stereocenters. The number of H-pyrrole nitrogens is 1. The van der Waals surface area contributed by atoms with Crippen LogP contribution in [0.3, 0.4) is 0 Å². The number of aryl methyl sites for hydroxylation is 2. The Kier molecular flexibility index (Phi) is 2.93. The van der Waals surface area contributed by atoms with Crippen molar-refractivity contribution in [2.45, 2.75) is 19.8 Å². The van der Waals surface area contributed by atoms with Gasteiger partial charge in [-0.15, -0.1) is 0 Å². The standard InChI is InChI=1S/C16H16N2O2/c1-10(19)18(2)15-9-13-12-6-4-3-5-11(12)7-8-14(13)17-16(15)20/h3-6,9H,7-8H2,1-2H3,(H,17,20). The fourth-order valence-electron chi connectivity index (χ4n) is 2.67. The lowest BCUT2D eigenvalue weighted by molar-refractivity contribution is -0.116. The molecule has 3 rings (SSSR count). The summed E-state index contributed by atoms with van der Waals surface area (Å²) in [5.41, 5.74) is 4.59. The zero-order chi connectivity index (χ0) is 14.3. The zero-order valence-electron chi connectivity index (χ0n) is 11.6. The van der Waals surface area contributed by atoms with Crippen LogP contribution in [0.25, 0.3) is 11.1 Å². The van der Waals surface area contributed by atoms with Crippen molar-refractivity contribution in [2.24, 2.45) is 0 Å². The van der Waals surface area contributed by atoms with E-state index in [9.17, 15) is 9.59 Å². The number of rotatable bonds is 1. The molecule has 0 aliphatic heterocycles. The number of benzene rings is 1. The summed E-state index contributed by atoms with van der Waals surface area (Å²) >= 11 is 0. The van der Waals surface area contributed by atoms with E-state index in [2.05, 4.69) is 17.1 Å². The zero-order valence-corrected chi connectivity index (χ0v) is 11.6. The van der Waals surface area contributed by atoms with E-state index in [0.717, 1.165) is 29.7 Å². The van der Waals surface area contributed by atoms with Gasteiger partial charge in [-0.3, -0.25) is 9.59 Å². The van der Waals surface area contributed by atoms with E-state index in [4.69, 9.17) is 0 Å². The normalized spacial score (nSPS) is 12.5. The molecule has 2 aromatic rings. The Morgan fingerprint density at radius 1 is 1.20 bits per heavy atom. The topological polar surface area (TPSA) is 53.2 Å². The third-order valence-corrected chi connectivity index (χ3v) is 3.89. The summed E-state index contributed by atoms with van der Waals surface area (Å²) < 4.78 is 0. The van der Waals surface area contributed by atoms with Gasteiger partial charge in [-0.2, -0.15) is 0 Å². The summed E-state index contributed by atoms with van der Waals surface area (Å²) in [6, 6.07) is 10.0. The number of carbonyl (C=O) groups excluding carboxylic acids is 1. The van der Waals surface area contributed by atoms with E-state index in [1.165, 1.54) is 17.4 Å². The van der Waals surface area contributed by atoms with E-state index in [1.807, 2.05) is 18.2 Å². The van der Waals surface area contributed by atoms with Gasteiger partial charge in [-0.05, 0) is 30.0 Å². The molecule has 1 amide bonds. The summed E-state index contributed by atoms with van der Waals surface area (Å²) in [7, 11) is 1.62. The average Bonchev–Trinajstić information content (AvgIpc) is 2.45. The highest BCUT2D eigenvalue weighted by Crippen LogP contribution is 2.33. The van der Waals surface area contributed by atoms with Crippen molar-refractivity contribution in [1.29, 1.82) is 0 Å². The molecule has 0 radical (unpaired) electrons. The Morgan fingerprint density at radius 2 is 1.95 bits per heavy atom. The Labute approximate surface area is 117 Å². The van der Waals surface area contributed by atoms with Gasteiger partial charge in [-0.1, -0.05) is 24.3 Å². The number of aromatic amines is 1. The van der Waals surface area contributed by atoms with Gasteiger partial charge in [0.15, 0.2) is 0 Å². The first-order chi connectivity index (χ1) is 9.58. The molecule has 0 fully saturated rings. The quantitative estimate of drug-likeness (QED) is 0.861. The minimum Gasteiger partial charge on any atom is -0.324 e. The molecule has 20 heavy (non-hydrogen) atoms. The van der Waals surface area contributed by atoms with Crippen molar-refractivity contribution in [3.8, 4) is 11.1 Å². The van der Waals surface area contributed by atoms with Gasteiger partial charge >= 0.3 is 0 Å². The van der Waals surface area contributed by atoms with Crippen molar-refractivity contribution in [3.05, 3.63) is 51.9 Å². The second-order valence-electron chi connectivity index (χ2n) is 5.11. The molecule has 4 nitrogen and oxygen atoms in total. The summed E-state index contributed by atoms with van der Waals surface area (Å²) in [6.07, 6.45) is 1.76. The highest BCUT2D eigenvalue weighted by molar-refractivity contribution is 5.91. The van der Waals surface area contributed by atoms with E-state index in [1.54, 1.807) is 7.05 Å². The van der Waals surface area contributed by atoms with Crippen LogP contribution in [0.15, 0.2) is 35.1 Å². The first-order valence-corrected chi connectivity index (χ1v) is 6.66. The average molecular weight is 268 g/mol. The largest absolute Gasteiger partial charge is 0.324 e. The van der Waals surface area contributed by atoms with Crippen LogP contribution < -0.4 is 10.5 Å². The van der Waals surface area contributed by atoms with Gasteiger partial charge in [0.05, 0.1) is 0 Å². The minimum absolute atomic E-state index is 0.153. The molecule has 1 heterocycles. The molecule has 102 valence electrons. The summed E-state index contributed by atoms with van der Waals surface area (Å²) in [5.74, 6) is -0.153. The molecule has 0 saturated heterocycles. The fourth-order valence-corrected chi connectivity index (χ4v) is 2.67. The van der Waals surface area contributed by atoms with Gasteiger partial charge in [0.1, 0.15) is 5.69 Å². The van der Waals surface area contributed by atoms with Crippen LogP contribution >= 0.6 is 0 Å². The summed E-state index contributed by atoms with van der Waals surface area (Å²) in [5, 5.41) is 0. The molecule has 0 spiro atoms. The van der Waals surface area contributed by atoms with E-state index in [-0.39, 0.29) is 11.5 Å². The highest BCUT2D eigenvalue weighted by Gasteiger charge is 2.20. The lowest BCUT2D eigenvalue weighted by Crippen LogP contribution is -2.30. The van der Waals surface area contributed by atoms with Crippen molar-refractivity contribution >= 4 is 11.6 Å². The number of fused-ring (bicyclic) bond motifs is 3. The lowest BCUT2D eigenvalue weighted by Gasteiger charge is -2.22. The molecule has 4 heteroatoms. The van der Waals surface area contributed by atoms with Crippen molar-refractivity contribution < 1.29 is 4.79 Å². The van der Waals surface area contributed by atoms with Gasteiger partial charge in [-0.25, -0.2) is 0 Å². The maximum absolute atomic E-state index is 12.1. The van der Waals surface area contributed by atoms with Crippen LogP contribution in [-0.4, -0.2) is 17.9 Å². The van der Waals surface area contributed by atoms with Crippen molar-refractivity contribution in [1.82, 2.24) is 4.98 Å². The predicted molar refractivity (Wildman–Crippen MR) is 79.0 cm³/mol. The van der Waals surface area contributed by atoms with E-state index >= 15 is 0 Å². The number of aromatic nitrogens is 1. The molecular weight excluding hydrogens is 252 g/mol. The third kappa shape index (κ3) is 1.93. The maximum atomic E-state index is 12.1. The molecule has 1 aromatic heterocycles. The van der Waals surface area contributed by atoms with Crippen LogP contribution in [0.5, 0.6) is 0 Å². The molecule has 1 aromatic carbocycles. The Bertz CT molecular complexity index is 746. The third-order valence-electron chi connectivity index (χ3n) is 3.89. The van der Waals surface area contributed by atoms with Crippen LogP contribution in [-0.2, 0) is 17.6 Å². The number of nitrogens with one attached hydrogen (secondary N) is 1. The molecular formula is C16H16N2O2. The lowest BCUT2D eigenvalue weighted by atomic mass is 9.88. The number of nitrogens with zero attached hydrogens (tertiary/aromatic N) is 1. The van der Waals surface area contributed by atoms with Crippen LogP contribution in [0, 0.1) is 0 Å². The molecule has 0 bridgehead atoms. The smallest absolute Gasteiger partial charge is 0.272 e. The number of pyridine rings is 1. The SMILES string of the molecule is CC(=O)N(C)c1cc2c([nH]c1=O)CCc1ccccc1-2. The van der Waals surface area contributed by atoms with Gasteiger partial charge in [0.2, 0.25) is 5.91 Å². The second kappa shape index (κ2) is 4.63. The first-order valence-electron chi connectivity index (χ1n) is 6.66. The van der Waals surface area contributed by atoms with E-state index < -0.39 is 0 Å². The van der Waals surface area contributed by atoms with Crippen molar-refractivity contribution in [3.63, 3.8) is 0 Å². The van der Waals surface area contributed by atoms with Crippen LogP contribution in [0.1, 0.15) is 18.2 Å². The molecule has 0 saturated carbocycles. The Balaban J connectivity index is 2.22. The molecule has 0 unspecified atom stereocenters. The molecule has 1 aliphatic carbocycles. The number of anilines is 1. The molecule has 1 aliphatic rings. The van der Waals surface area contributed by atoms with Crippen LogP contribution in [0.2, 0.25) is 0 Å². The van der Waals surface area contributed by atoms with Gasteiger partial charge in [0, 0.05) is 25.2 Å². The predicted octanol–water partition coefficient (Wildman–Crippen LogP) is 2.12. The summed E-state index contributed by atoms with van der Waals surface area (Å²) in [6.45, 7) is 1.45. The highest BCUT2D eigenvalue weighted by atomic mass is 16.2. The minimum atomic E-state index is -0.208. The Hall–Kier alpha value is -2.36. The van der Waals surface area contributed by atoms with Crippen molar-refractivity contribution in [2.75, 3.05) is 11.9 Å². The number of amides is 1. The fraction of sp³-hybridized carbons (Fsp3) is 0.250. The Morgan fingerprint density at radius 3 is 2.70 bits per heavy atom. The number of hydrogen-bond acceptors (Lipinski definition) is 2. The second-order valence-corrected chi connectivity index (χ2v) is 5.11. The van der Waals surface area contributed by atoms with Gasteiger partial charge < -0.3 is 9.88 Å². The number of hydrogen-bond donors (Lipinski definition) is 1. The summed E-state index contributed by atoms with van der Waals surface area (Å²) in [4.78, 5) is 27.9. The number of carbonyl (C=O) groups is 1. The molecule has 1 N–H and O–H groups in total. The van der Waals surface area contributed by atoms with Gasteiger partial charge in [0.25, 0.3) is 5.56 Å².